The van der Waals surface area contributed by atoms with E-state index in [1.165, 1.54) is 50.8 Å². The van der Waals surface area contributed by atoms with Gasteiger partial charge in [0.25, 0.3) is 0 Å². The monoisotopic (exact) mass is 308 g/mol. The van der Waals surface area contributed by atoms with Crippen molar-refractivity contribution in [3.63, 3.8) is 0 Å². The third kappa shape index (κ3) is 3.52. The molecular formula is C18H32N2S. The first-order valence-electron chi connectivity index (χ1n) is 8.65. The highest BCUT2D eigenvalue weighted by Crippen LogP contribution is 2.33. The molecule has 0 saturated carbocycles. The topological polar surface area (TPSA) is 15.3 Å². The molecule has 0 radical (unpaired) electrons. The van der Waals surface area contributed by atoms with Crippen LogP contribution in [0.4, 0.5) is 0 Å². The zero-order chi connectivity index (χ0) is 15.3. The van der Waals surface area contributed by atoms with Crippen LogP contribution in [-0.4, -0.2) is 35.6 Å². The van der Waals surface area contributed by atoms with E-state index in [0.717, 1.165) is 6.54 Å². The second kappa shape index (κ2) is 7.26. The van der Waals surface area contributed by atoms with Crippen LogP contribution < -0.4 is 5.32 Å². The Bertz CT molecular complexity index is 405. The first-order valence-corrected chi connectivity index (χ1v) is 9.59. The van der Waals surface area contributed by atoms with Crippen molar-refractivity contribution in [2.45, 2.75) is 70.9 Å². The highest BCUT2D eigenvalue weighted by atomic mass is 32.1. The molecule has 1 aliphatic rings. The Labute approximate surface area is 134 Å². The minimum Gasteiger partial charge on any atom is -0.308 e. The van der Waals surface area contributed by atoms with Gasteiger partial charge in [0, 0.05) is 30.7 Å². The van der Waals surface area contributed by atoms with Gasteiger partial charge >= 0.3 is 0 Å². The number of thiophene rings is 1. The van der Waals surface area contributed by atoms with Crippen LogP contribution in [0.5, 0.6) is 0 Å². The van der Waals surface area contributed by atoms with Gasteiger partial charge in [-0.2, -0.15) is 11.3 Å². The van der Waals surface area contributed by atoms with Crippen LogP contribution in [0.15, 0.2) is 16.8 Å². The fourth-order valence-electron chi connectivity index (χ4n) is 3.74. The number of hydrogen-bond acceptors (Lipinski definition) is 3. The largest absolute Gasteiger partial charge is 0.308 e. The lowest BCUT2D eigenvalue weighted by Gasteiger charge is -2.54. The zero-order valence-corrected chi connectivity index (χ0v) is 15.1. The smallest absolute Gasteiger partial charge is 0.0329 e. The van der Waals surface area contributed by atoms with Crippen molar-refractivity contribution in [1.29, 1.82) is 0 Å². The lowest BCUT2D eigenvalue weighted by atomic mass is 9.80. The third-order valence-corrected chi connectivity index (χ3v) is 6.61. The summed E-state index contributed by atoms with van der Waals surface area (Å²) in [4.78, 5) is 2.80. The fourth-order valence-corrected chi connectivity index (χ4v) is 4.44. The lowest BCUT2D eigenvalue weighted by Crippen LogP contribution is -2.69. The molecule has 0 atom stereocenters. The van der Waals surface area contributed by atoms with E-state index in [9.17, 15) is 0 Å². The van der Waals surface area contributed by atoms with E-state index in [0.29, 0.717) is 11.1 Å². The first-order chi connectivity index (χ1) is 10.1. The highest BCUT2D eigenvalue weighted by Gasteiger charge is 2.43. The first kappa shape index (κ1) is 17.0. The number of nitrogens with one attached hydrogen (secondary N) is 1. The molecule has 1 aliphatic heterocycles. The van der Waals surface area contributed by atoms with Crippen molar-refractivity contribution in [1.82, 2.24) is 10.2 Å². The van der Waals surface area contributed by atoms with Gasteiger partial charge in [0.2, 0.25) is 0 Å². The van der Waals surface area contributed by atoms with Gasteiger partial charge in [-0.05, 0) is 54.5 Å². The Morgan fingerprint density at radius 1 is 1.14 bits per heavy atom. The predicted molar refractivity (Wildman–Crippen MR) is 94.2 cm³/mol. The molecule has 0 bridgehead atoms. The van der Waals surface area contributed by atoms with Crippen molar-refractivity contribution >= 4 is 11.3 Å². The number of rotatable bonds is 7. The number of hydrogen-bond donors (Lipinski definition) is 1. The second-order valence-electron chi connectivity index (χ2n) is 6.58. The van der Waals surface area contributed by atoms with E-state index in [-0.39, 0.29) is 0 Å². The second-order valence-corrected chi connectivity index (χ2v) is 7.36. The van der Waals surface area contributed by atoms with Crippen LogP contribution >= 0.6 is 11.3 Å². The summed E-state index contributed by atoms with van der Waals surface area (Å²) in [5, 5.41) is 8.41. The van der Waals surface area contributed by atoms with Gasteiger partial charge in [-0.1, -0.05) is 27.7 Å². The minimum atomic E-state index is 0.322. The quantitative estimate of drug-likeness (QED) is 0.807. The fraction of sp³-hybridized carbons (Fsp3) is 0.778. The summed E-state index contributed by atoms with van der Waals surface area (Å²) in [6, 6.07) is 2.28. The number of piperazine rings is 1. The summed E-state index contributed by atoms with van der Waals surface area (Å²) < 4.78 is 0. The molecule has 1 N–H and O–H groups in total. The summed E-state index contributed by atoms with van der Waals surface area (Å²) in [5.74, 6) is 0. The molecule has 0 spiro atoms. The SMILES string of the molecule is CCC1(CC)CN(CCc2ccsc2)C(CC)(CC)CN1. The molecule has 0 amide bonds. The standard InChI is InChI=1S/C18H32N2S/c1-5-17(6-2)15-20(11-9-16-10-12-21-13-16)18(7-3,8-4)14-19-17/h10,12-13,19H,5-9,11,14-15H2,1-4H3. The van der Waals surface area contributed by atoms with Gasteiger partial charge in [0.05, 0.1) is 0 Å². The van der Waals surface area contributed by atoms with E-state index in [4.69, 9.17) is 0 Å². The molecule has 1 fully saturated rings. The van der Waals surface area contributed by atoms with E-state index >= 15 is 0 Å². The summed E-state index contributed by atoms with van der Waals surface area (Å²) >= 11 is 1.82. The Morgan fingerprint density at radius 2 is 1.86 bits per heavy atom. The maximum atomic E-state index is 3.91. The normalized spacial score (nSPS) is 21.5. The molecule has 0 unspecified atom stereocenters. The van der Waals surface area contributed by atoms with Crippen LogP contribution in [0.25, 0.3) is 0 Å². The number of nitrogens with zero attached hydrogens (tertiary/aromatic N) is 1. The van der Waals surface area contributed by atoms with Crippen LogP contribution in [0.1, 0.15) is 58.9 Å². The Kier molecular flexibility index (Phi) is 5.87. The maximum Gasteiger partial charge on any atom is 0.0329 e. The van der Waals surface area contributed by atoms with Gasteiger partial charge in [0.15, 0.2) is 0 Å². The molecule has 2 rings (SSSR count). The third-order valence-electron chi connectivity index (χ3n) is 5.88. The van der Waals surface area contributed by atoms with Crippen LogP contribution in [0.3, 0.4) is 0 Å². The molecule has 3 heteroatoms. The zero-order valence-electron chi connectivity index (χ0n) is 14.2. The maximum absolute atomic E-state index is 3.91. The van der Waals surface area contributed by atoms with Gasteiger partial charge in [-0.15, -0.1) is 0 Å². The molecule has 2 nitrogen and oxygen atoms in total. The Balaban J connectivity index is 2.12. The van der Waals surface area contributed by atoms with Gasteiger partial charge in [-0.25, -0.2) is 0 Å². The van der Waals surface area contributed by atoms with E-state index in [1.807, 2.05) is 11.3 Å². The van der Waals surface area contributed by atoms with Gasteiger partial charge < -0.3 is 5.32 Å². The van der Waals surface area contributed by atoms with Gasteiger partial charge in [-0.3, -0.25) is 4.90 Å². The van der Waals surface area contributed by atoms with E-state index in [2.05, 4.69) is 54.7 Å². The average molecular weight is 309 g/mol. The Morgan fingerprint density at radius 3 is 2.38 bits per heavy atom. The van der Waals surface area contributed by atoms with Crippen LogP contribution in [0.2, 0.25) is 0 Å². The van der Waals surface area contributed by atoms with Crippen molar-refractivity contribution in [2.75, 3.05) is 19.6 Å². The van der Waals surface area contributed by atoms with Crippen LogP contribution in [0, 0.1) is 0 Å². The van der Waals surface area contributed by atoms with E-state index < -0.39 is 0 Å². The van der Waals surface area contributed by atoms with Crippen molar-refractivity contribution in [3.8, 4) is 0 Å². The molecule has 1 saturated heterocycles. The molecule has 1 aromatic rings. The molecule has 21 heavy (non-hydrogen) atoms. The predicted octanol–water partition coefficient (Wildman–Crippen LogP) is 4.31. The molecule has 0 aliphatic carbocycles. The molecule has 120 valence electrons. The van der Waals surface area contributed by atoms with Gasteiger partial charge in [0.1, 0.15) is 0 Å². The summed E-state index contributed by atoms with van der Waals surface area (Å²) in [6.45, 7) is 12.9. The molecule has 0 aromatic carbocycles. The van der Waals surface area contributed by atoms with E-state index in [1.54, 1.807) is 0 Å². The van der Waals surface area contributed by atoms with Crippen molar-refractivity contribution < 1.29 is 0 Å². The minimum absolute atomic E-state index is 0.322. The van der Waals surface area contributed by atoms with Crippen LogP contribution in [-0.2, 0) is 6.42 Å². The molecule has 2 heterocycles. The summed E-state index contributed by atoms with van der Waals surface area (Å²) in [5.41, 5.74) is 2.17. The molecular weight excluding hydrogens is 276 g/mol. The molecule has 1 aromatic heterocycles. The summed E-state index contributed by atoms with van der Waals surface area (Å²) in [7, 11) is 0. The lowest BCUT2D eigenvalue weighted by molar-refractivity contribution is -0.00390. The highest BCUT2D eigenvalue weighted by molar-refractivity contribution is 7.07. The van der Waals surface area contributed by atoms with Crippen molar-refractivity contribution in [3.05, 3.63) is 22.4 Å². The van der Waals surface area contributed by atoms with Crippen molar-refractivity contribution in [2.24, 2.45) is 0 Å². The average Bonchev–Trinajstić information content (AvgIpc) is 3.06. The summed E-state index contributed by atoms with van der Waals surface area (Å²) in [6.07, 6.45) is 6.12. The Hall–Kier alpha value is -0.380.